The smallest absolute Gasteiger partial charge is 0.369 e. The van der Waals surface area contributed by atoms with Crippen molar-refractivity contribution >= 4 is 0 Å². The van der Waals surface area contributed by atoms with Gasteiger partial charge in [-0.3, -0.25) is 0 Å². The number of nitrogens with two attached hydrogens (primary N) is 1. The minimum absolute atomic E-state index is 0.222. The molecule has 72 valence electrons. The lowest BCUT2D eigenvalue weighted by Crippen LogP contribution is -2.37. The van der Waals surface area contributed by atoms with E-state index in [-0.39, 0.29) is 6.10 Å². The van der Waals surface area contributed by atoms with Crippen LogP contribution in [0.5, 0.6) is 0 Å². The van der Waals surface area contributed by atoms with E-state index in [9.17, 15) is 13.2 Å². The predicted molar refractivity (Wildman–Crippen MR) is 37.6 cm³/mol. The Morgan fingerprint density at radius 3 is 2.33 bits per heavy atom. The monoisotopic (exact) mass is 183 g/mol. The summed E-state index contributed by atoms with van der Waals surface area (Å²) in [6, 6.07) is 0. The molecular weight excluding hydrogens is 171 g/mol. The highest BCUT2D eigenvalue weighted by atomic mass is 19.4. The molecule has 1 rings (SSSR count). The summed E-state index contributed by atoms with van der Waals surface area (Å²) in [6.07, 6.45) is -3.08. The van der Waals surface area contributed by atoms with Crippen molar-refractivity contribution in [2.45, 2.75) is 25.1 Å². The molecule has 0 aromatic heterocycles. The van der Waals surface area contributed by atoms with Gasteiger partial charge in [-0.1, -0.05) is 0 Å². The second kappa shape index (κ2) is 3.62. The van der Waals surface area contributed by atoms with Crippen molar-refractivity contribution in [3.05, 3.63) is 0 Å². The van der Waals surface area contributed by atoms with Crippen molar-refractivity contribution < 1.29 is 17.9 Å². The predicted octanol–water partition coefficient (Wildman–Crippen LogP) is 1.30. The van der Waals surface area contributed by atoms with Gasteiger partial charge in [-0.25, -0.2) is 0 Å². The van der Waals surface area contributed by atoms with Crippen molar-refractivity contribution in [3.8, 4) is 0 Å². The molecule has 1 fully saturated rings. The molecule has 5 heteroatoms. The molecule has 2 nitrogen and oxygen atoms in total. The third-order valence-corrected chi connectivity index (χ3v) is 2.01. The van der Waals surface area contributed by atoms with Gasteiger partial charge in [0.05, 0.1) is 6.10 Å². The zero-order valence-corrected chi connectivity index (χ0v) is 6.60. The van der Waals surface area contributed by atoms with Crippen molar-refractivity contribution in [3.63, 3.8) is 0 Å². The zero-order chi connectivity index (χ0) is 9.19. The average Bonchev–Trinajstić information content (AvgIpc) is 1.82. The lowest BCUT2D eigenvalue weighted by Gasteiger charge is -2.34. The van der Waals surface area contributed by atoms with Crippen LogP contribution in [0, 0.1) is 5.92 Å². The quantitative estimate of drug-likeness (QED) is 0.715. The number of halogens is 3. The standard InChI is InChI=1S/C7H12F3NO/c8-7(9,10)4-12-6-1-5(2-6)3-11/h5-6H,1-4,11H2. The Morgan fingerprint density at radius 2 is 1.92 bits per heavy atom. The third-order valence-electron chi connectivity index (χ3n) is 2.01. The molecule has 0 saturated heterocycles. The molecule has 1 aliphatic carbocycles. The van der Waals surface area contributed by atoms with E-state index in [0.717, 1.165) is 0 Å². The number of alkyl halides is 3. The van der Waals surface area contributed by atoms with Gasteiger partial charge in [-0.15, -0.1) is 0 Å². The summed E-state index contributed by atoms with van der Waals surface area (Å²) in [5.74, 6) is 0.364. The van der Waals surface area contributed by atoms with Crippen LogP contribution in [0.1, 0.15) is 12.8 Å². The van der Waals surface area contributed by atoms with Crippen molar-refractivity contribution in [2.24, 2.45) is 11.7 Å². The van der Waals surface area contributed by atoms with Crippen LogP contribution in [0.4, 0.5) is 13.2 Å². The summed E-state index contributed by atoms with van der Waals surface area (Å²) in [4.78, 5) is 0. The molecule has 0 unspecified atom stereocenters. The number of ether oxygens (including phenoxy) is 1. The van der Waals surface area contributed by atoms with Crippen molar-refractivity contribution in [1.29, 1.82) is 0 Å². The molecule has 12 heavy (non-hydrogen) atoms. The van der Waals surface area contributed by atoms with E-state index < -0.39 is 12.8 Å². The Morgan fingerprint density at radius 1 is 1.33 bits per heavy atom. The topological polar surface area (TPSA) is 35.2 Å². The van der Waals surface area contributed by atoms with E-state index in [1.54, 1.807) is 0 Å². The molecule has 0 bridgehead atoms. The maximum Gasteiger partial charge on any atom is 0.411 e. The Balaban J connectivity index is 2.04. The average molecular weight is 183 g/mol. The van der Waals surface area contributed by atoms with E-state index in [1.165, 1.54) is 0 Å². The summed E-state index contributed by atoms with van der Waals surface area (Å²) >= 11 is 0. The minimum Gasteiger partial charge on any atom is -0.369 e. The Kier molecular flexibility index (Phi) is 2.95. The van der Waals surface area contributed by atoms with Gasteiger partial charge in [0.15, 0.2) is 0 Å². The molecule has 0 aromatic rings. The SMILES string of the molecule is NCC1CC(OCC(F)(F)F)C1. The molecule has 0 spiro atoms. The van der Waals surface area contributed by atoms with Crippen molar-refractivity contribution in [1.82, 2.24) is 0 Å². The minimum atomic E-state index is -4.20. The van der Waals surface area contributed by atoms with E-state index in [2.05, 4.69) is 4.74 Å². The lowest BCUT2D eigenvalue weighted by molar-refractivity contribution is -0.196. The highest BCUT2D eigenvalue weighted by Crippen LogP contribution is 2.30. The Bertz CT molecular complexity index is 142. The first-order valence-corrected chi connectivity index (χ1v) is 3.89. The van der Waals surface area contributed by atoms with Gasteiger partial charge in [0.1, 0.15) is 6.61 Å². The fourth-order valence-electron chi connectivity index (χ4n) is 1.22. The molecule has 1 aliphatic rings. The normalized spacial score (nSPS) is 30.0. The number of hydrogen-bond acceptors (Lipinski definition) is 2. The highest BCUT2D eigenvalue weighted by Gasteiger charge is 2.34. The van der Waals surface area contributed by atoms with Crippen LogP contribution in [0.25, 0.3) is 0 Å². The molecular formula is C7H12F3NO. The van der Waals surface area contributed by atoms with Gasteiger partial charge in [0.25, 0.3) is 0 Å². The summed E-state index contributed by atoms with van der Waals surface area (Å²) in [6.45, 7) is -0.583. The zero-order valence-electron chi connectivity index (χ0n) is 6.60. The van der Waals surface area contributed by atoms with Crippen LogP contribution < -0.4 is 5.73 Å². The molecule has 0 radical (unpaired) electrons. The Labute approximate surface area is 68.9 Å². The largest absolute Gasteiger partial charge is 0.411 e. The molecule has 0 aromatic carbocycles. The van der Waals surface area contributed by atoms with E-state index in [0.29, 0.717) is 25.3 Å². The summed E-state index contributed by atoms with van der Waals surface area (Å²) < 4.78 is 39.4. The van der Waals surface area contributed by atoms with Gasteiger partial charge in [0, 0.05) is 0 Å². The highest BCUT2D eigenvalue weighted by molar-refractivity contribution is 4.80. The van der Waals surface area contributed by atoms with Crippen LogP contribution in [-0.2, 0) is 4.74 Å². The second-order valence-electron chi connectivity index (χ2n) is 3.12. The fraction of sp³-hybridized carbons (Fsp3) is 1.00. The molecule has 0 aliphatic heterocycles. The Hall–Kier alpha value is -0.290. The fourth-order valence-corrected chi connectivity index (χ4v) is 1.22. The molecule has 0 heterocycles. The van der Waals surface area contributed by atoms with Gasteiger partial charge in [0.2, 0.25) is 0 Å². The van der Waals surface area contributed by atoms with Crippen LogP contribution in [-0.4, -0.2) is 25.4 Å². The molecule has 1 saturated carbocycles. The van der Waals surface area contributed by atoms with Gasteiger partial charge < -0.3 is 10.5 Å². The number of rotatable bonds is 3. The number of hydrogen-bond donors (Lipinski definition) is 1. The van der Waals surface area contributed by atoms with Crippen LogP contribution in [0.2, 0.25) is 0 Å². The second-order valence-corrected chi connectivity index (χ2v) is 3.12. The van der Waals surface area contributed by atoms with Crippen LogP contribution >= 0.6 is 0 Å². The molecule has 0 atom stereocenters. The van der Waals surface area contributed by atoms with Crippen LogP contribution in [0.15, 0.2) is 0 Å². The maximum atomic E-state index is 11.6. The first-order chi connectivity index (χ1) is 5.51. The van der Waals surface area contributed by atoms with Gasteiger partial charge in [-0.2, -0.15) is 13.2 Å². The molecule has 2 N–H and O–H groups in total. The first-order valence-electron chi connectivity index (χ1n) is 3.89. The van der Waals surface area contributed by atoms with Gasteiger partial charge in [-0.05, 0) is 25.3 Å². The summed E-state index contributed by atoms with van der Waals surface area (Å²) in [5, 5.41) is 0. The first kappa shape index (κ1) is 9.80. The molecule has 0 amide bonds. The third kappa shape index (κ3) is 2.98. The summed E-state index contributed by atoms with van der Waals surface area (Å²) in [7, 11) is 0. The van der Waals surface area contributed by atoms with Gasteiger partial charge >= 0.3 is 6.18 Å². The van der Waals surface area contributed by atoms with E-state index in [4.69, 9.17) is 5.73 Å². The lowest BCUT2D eigenvalue weighted by atomic mass is 9.82. The van der Waals surface area contributed by atoms with E-state index >= 15 is 0 Å². The van der Waals surface area contributed by atoms with Crippen molar-refractivity contribution in [2.75, 3.05) is 13.2 Å². The summed E-state index contributed by atoms with van der Waals surface area (Å²) in [5.41, 5.74) is 5.30. The van der Waals surface area contributed by atoms with Crippen LogP contribution in [0.3, 0.4) is 0 Å². The van der Waals surface area contributed by atoms with E-state index in [1.807, 2.05) is 0 Å². The maximum absolute atomic E-state index is 11.6.